The Labute approximate surface area is 302 Å². The highest BCUT2D eigenvalue weighted by Gasteiger charge is 2.38. The lowest BCUT2D eigenvalue weighted by atomic mass is 9.87. The Bertz CT molecular complexity index is 789. The van der Waals surface area contributed by atoms with E-state index in [2.05, 4.69) is 13.8 Å². The molecule has 6 saturated carbocycles. The van der Waals surface area contributed by atoms with E-state index >= 15 is 0 Å². The zero-order chi connectivity index (χ0) is 37.8. The van der Waals surface area contributed by atoms with Crippen LogP contribution in [0.1, 0.15) is 202 Å². The van der Waals surface area contributed by atoms with E-state index in [0.717, 1.165) is 109 Å². The Kier molecular flexibility index (Phi) is 23.4. The lowest BCUT2D eigenvalue weighted by Gasteiger charge is -2.27. The second-order valence-corrected chi connectivity index (χ2v) is 17.4. The van der Waals surface area contributed by atoms with Crippen molar-refractivity contribution in [2.24, 2.45) is 29.6 Å². The van der Waals surface area contributed by atoms with Gasteiger partial charge in [0.2, 0.25) is 5.92 Å². The fourth-order valence-electron chi connectivity index (χ4n) is 7.83. The average molecular weight is 733 g/mol. The van der Waals surface area contributed by atoms with Crippen molar-refractivity contribution in [3.63, 3.8) is 0 Å². The van der Waals surface area contributed by atoms with E-state index in [1.54, 1.807) is 13.8 Å². The first kappa shape index (κ1) is 47.5. The van der Waals surface area contributed by atoms with Crippen LogP contribution in [-0.4, -0.2) is 36.0 Å². The Balaban J connectivity index is 0.000000300. The van der Waals surface area contributed by atoms with Gasteiger partial charge in [0.15, 0.2) is 0 Å². The first-order valence-corrected chi connectivity index (χ1v) is 20.7. The van der Waals surface area contributed by atoms with Gasteiger partial charge in [0, 0.05) is 25.2 Å². The molecular formula is C42H76F8. The van der Waals surface area contributed by atoms with Gasteiger partial charge in [-0.1, -0.05) is 92.4 Å². The SMILES string of the molecule is CC1(F)CCCCC1.CC1CCC(F)CC1.CC1CCCC(F)(F)C1.CC1CCCC(F)C1.CC1CCCCC1(F)F.CC1CCCCC1F. The summed E-state index contributed by atoms with van der Waals surface area (Å²) >= 11 is 0. The van der Waals surface area contributed by atoms with E-state index in [-0.39, 0.29) is 31.1 Å². The van der Waals surface area contributed by atoms with Crippen LogP contribution in [0.25, 0.3) is 0 Å². The van der Waals surface area contributed by atoms with Crippen LogP contribution in [0.15, 0.2) is 0 Å². The molecule has 6 rings (SSSR count). The van der Waals surface area contributed by atoms with E-state index in [1.165, 1.54) is 19.3 Å². The molecule has 0 bridgehead atoms. The quantitative estimate of drug-likeness (QED) is 0.218. The molecule has 0 N–H and O–H groups in total. The van der Waals surface area contributed by atoms with Gasteiger partial charge in [0.25, 0.3) is 5.92 Å². The van der Waals surface area contributed by atoms with Crippen molar-refractivity contribution >= 4 is 0 Å². The Hall–Kier alpha value is -0.560. The summed E-state index contributed by atoms with van der Waals surface area (Å²) in [7, 11) is 0. The standard InChI is InChI=1S/2C7H12F2.4C7H13F/c1-6-3-2-4-7(8,9)5-6;1-6-4-2-3-5-7(6,8)9;1-6-2-4-7(8)5-3-6;1-6-3-2-4-7(8)5-6;1-7(8)5-3-2-4-6-7;1-6-4-2-3-5-7(6)8/h2*6H,2-5H2,1H3;2*6-7H,2-5H2,1H3;2-6H2,1H3;6-7H,2-5H2,1H3. The van der Waals surface area contributed by atoms with Gasteiger partial charge >= 0.3 is 0 Å². The highest BCUT2D eigenvalue weighted by Crippen LogP contribution is 2.38. The van der Waals surface area contributed by atoms with Crippen molar-refractivity contribution < 1.29 is 35.1 Å². The van der Waals surface area contributed by atoms with Crippen LogP contribution >= 0.6 is 0 Å². The van der Waals surface area contributed by atoms with Crippen LogP contribution in [0.4, 0.5) is 35.1 Å². The third-order valence-electron chi connectivity index (χ3n) is 11.7. The predicted molar refractivity (Wildman–Crippen MR) is 195 cm³/mol. The van der Waals surface area contributed by atoms with Crippen molar-refractivity contribution in [3.05, 3.63) is 0 Å². The number of hydrogen-bond donors (Lipinski definition) is 0. The van der Waals surface area contributed by atoms with Crippen LogP contribution in [0.5, 0.6) is 0 Å². The first-order chi connectivity index (χ1) is 23.3. The topological polar surface area (TPSA) is 0 Å². The second kappa shape index (κ2) is 24.7. The summed E-state index contributed by atoms with van der Waals surface area (Å²) in [6.45, 7) is 11.6. The summed E-state index contributed by atoms with van der Waals surface area (Å²) in [4.78, 5) is 0. The smallest absolute Gasteiger partial charge is 0.247 e. The summed E-state index contributed by atoms with van der Waals surface area (Å²) in [5.74, 6) is -3.11. The van der Waals surface area contributed by atoms with Gasteiger partial charge < -0.3 is 0 Å². The zero-order valence-electron chi connectivity index (χ0n) is 32.8. The number of halogens is 8. The molecule has 0 spiro atoms. The van der Waals surface area contributed by atoms with E-state index in [0.29, 0.717) is 31.1 Å². The molecule has 0 amide bonds. The van der Waals surface area contributed by atoms with Crippen LogP contribution < -0.4 is 0 Å². The Morgan fingerprint density at radius 3 is 1.34 bits per heavy atom. The molecule has 0 heterocycles. The summed E-state index contributed by atoms with van der Waals surface area (Å²) < 4.78 is 100. The van der Waals surface area contributed by atoms with Gasteiger partial charge in [-0.05, 0) is 114 Å². The van der Waals surface area contributed by atoms with E-state index in [9.17, 15) is 35.1 Å². The maximum Gasteiger partial charge on any atom is 0.250 e. The summed E-state index contributed by atoms with van der Waals surface area (Å²) in [6.07, 6.45) is 19.9. The Morgan fingerprint density at radius 2 is 1.00 bits per heavy atom. The number of hydrogen-bond acceptors (Lipinski definition) is 0. The monoisotopic (exact) mass is 733 g/mol. The van der Waals surface area contributed by atoms with Crippen molar-refractivity contribution in [2.75, 3.05) is 0 Å². The van der Waals surface area contributed by atoms with Gasteiger partial charge in [-0.3, -0.25) is 0 Å². The van der Waals surface area contributed by atoms with E-state index in [1.807, 2.05) is 13.8 Å². The van der Waals surface area contributed by atoms with Crippen molar-refractivity contribution in [1.82, 2.24) is 0 Å². The Morgan fingerprint density at radius 1 is 0.440 bits per heavy atom. The molecule has 6 atom stereocenters. The molecule has 0 aromatic heterocycles. The van der Waals surface area contributed by atoms with Gasteiger partial charge in [-0.15, -0.1) is 0 Å². The highest BCUT2D eigenvalue weighted by atomic mass is 19.3. The normalized spacial score (nSPS) is 35.9. The third kappa shape index (κ3) is 23.2. The minimum atomic E-state index is -2.36. The van der Waals surface area contributed by atoms with Gasteiger partial charge in [-0.25, -0.2) is 35.1 Å². The minimum absolute atomic E-state index is 0.104. The van der Waals surface area contributed by atoms with Crippen LogP contribution in [-0.2, 0) is 0 Å². The molecule has 0 aromatic carbocycles. The van der Waals surface area contributed by atoms with Crippen molar-refractivity contribution in [2.45, 2.75) is 238 Å². The maximum absolute atomic E-state index is 12.9. The molecule has 50 heavy (non-hydrogen) atoms. The molecule has 6 aliphatic rings. The minimum Gasteiger partial charge on any atom is -0.247 e. The molecule has 8 heteroatoms. The van der Waals surface area contributed by atoms with E-state index in [4.69, 9.17) is 0 Å². The van der Waals surface area contributed by atoms with Crippen LogP contribution in [0.2, 0.25) is 0 Å². The molecule has 300 valence electrons. The summed E-state index contributed by atoms with van der Waals surface area (Å²) in [6, 6.07) is 0. The van der Waals surface area contributed by atoms with Gasteiger partial charge in [0.1, 0.15) is 24.2 Å². The third-order valence-corrected chi connectivity index (χ3v) is 11.7. The summed E-state index contributed by atoms with van der Waals surface area (Å²) in [5, 5.41) is 0. The molecule has 6 aliphatic carbocycles. The predicted octanol–water partition coefficient (Wildman–Crippen LogP) is 15.9. The van der Waals surface area contributed by atoms with Crippen molar-refractivity contribution in [1.29, 1.82) is 0 Å². The van der Waals surface area contributed by atoms with E-state index < -0.39 is 36.0 Å². The lowest BCUT2D eigenvalue weighted by molar-refractivity contribution is -0.0783. The van der Waals surface area contributed by atoms with Gasteiger partial charge in [0.05, 0.1) is 0 Å². The summed E-state index contributed by atoms with van der Waals surface area (Å²) in [5.41, 5.74) is -0.821. The molecule has 6 unspecified atom stereocenters. The number of alkyl halides is 8. The average Bonchev–Trinajstić information content (AvgIpc) is 3.02. The lowest BCUT2D eigenvalue weighted by Crippen LogP contribution is -2.29. The van der Waals surface area contributed by atoms with Crippen LogP contribution in [0, 0.1) is 29.6 Å². The second-order valence-electron chi connectivity index (χ2n) is 17.4. The molecular weight excluding hydrogens is 656 g/mol. The fourth-order valence-corrected chi connectivity index (χ4v) is 7.83. The van der Waals surface area contributed by atoms with Crippen LogP contribution in [0.3, 0.4) is 0 Å². The molecule has 0 aliphatic heterocycles. The largest absolute Gasteiger partial charge is 0.250 e. The molecule has 0 radical (unpaired) electrons. The molecule has 0 aromatic rings. The fraction of sp³-hybridized carbons (Fsp3) is 1.00. The van der Waals surface area contributed by atoms with Crippen molar-refractivity contribution in [3.8, 4) is 0 Å². The van der Waals surface area contributed by atoms with Gasteiger partial charge in [-0.2, -0.15) is 0 Å². The molecule has 0 nitrogen and oxygen atoms in total. The first-order valence-electron chi connectivity index (χ1n) is 20.7. The number of rotatable bonds is 0. The molecule has 6 fully saturated rings. The highest BCUT2D eigenvalue weighted by molar-refractivity contribution is 4.79. The zero-order valence-corrected chi connectivity index (χ0v) is 32.8. The molecule has 0 saturated heterocycles. The maximum atomic E-state index is 12.9.